The summed E-state index contributed by atoms with van der Waals surface area (Å²) in [5, 5.41) is 14.7. The van der Waals surface area contributed by atoms with Gasteiger partial charge in [0.05, 0.1) is 18.2 Å². The average Bonchev–Trinajstić information content (AvgIpc) is 2.75. The second-order valence-corrected chi connectivity index (χ2v) is 6.19. The smallest absolute Gasteiger partial charge is 0.287 e. The number of nitro groups is 1. The van der Waals surface area contributed by atoms with Crippen LogP contribution in [0.1, 0.15) is 21.5 Å². The lowest BCUT2D eigenvalue weighted by atomic mass is 10.1. The number of carbonyl (C=O) groups is 1. The van der Waals surface area contributed by atoms with Crippen molar-refractivity contribution in [2.45, 2.75) is 6.92 Å². The van der Waals surface area contributed by atoms with Crippen LogP contribution in [0.15, 0.2) is 65.9 Å². The number of rotatable bonds is 7. The first-order chi connectivity index (χ1) is 14.5. The monoisotopic (exact) mass is 406 g/mol. The molecule has 3 aromatic rings. The molecule has 1 aromatic heterocycles. The maximum Gasteiger partial charge on any atom is 0.287 e. The first kappa shape index (κ1) is 20.5. The molecule has 0 aliphatic heterocycles. The zero-order chi connectivity index (χ0) is 21.5. The summed E-state index contributed by atoms with van der Waals surface area (Å²) in [6.07, 6.45) is 2.59. The van der Waals surface area contributed by atoms with Gasteiger partial charge >= 0.3 is 0 Å². The minimum absolute atomic E-state index is 0.131. The molecular formula is C21H18N4O5. The van der Waals surface area contributed by atoms with E-state index in [1.54, 1.807) is 30.3 Å². The van der Waals surface area contributed by atoms with Gasteiger partial charge < -0.3 is 9.47 Å². The highest BCUT2D eigenvalue weighted by Crippen LogP contribution is 2.31. The Morgan fingerprint density at radius 2 is 1.90 bits per heavy atom. The summed E-state index contributed by atoms with van der Waals surface area (Å²) in [5.74, 6) is 0.650. The third-order valence-electron chi connectivity index (χ3n) is 4.03. The van der Waals surface area contributed by atoms with Crippen molar-refractivity contribution < 1.29 is 19.2 Å². The second-order valence-electron chi connectivity index (χ2n) is 6.19. The molecular weight excluding hydrogens is 388 g/mol. The Morgan fingerprint density at radius 3 is 2.53 bits per heavy atom. The van der Waals surface area contributed by atoms with Crippen LogP contribution in [0.2, 0.25) is 0 Å². The third kappa shape index (κ3) is 5.16. The van der Waals surface area contributed by atoms with Gasteiger partial charge in [-0.3, -0.25) is 14.9 Å². The molecule has 3 rings (SSSR count). The van der Waals surface area contributed by atoms with Crippen LogP contribution < -0.4 is 14.9 Å². The van der Waals surface area contributed by atoms with Gasteiger partial charge in [0.2, 0.25) is 5.88 Å². The molecule has 30 heavy (non-hydrogen) atoms. The number of amides is 1. The van der Waals surface area contributed by atoms with Crippen molar-refractivity contribution in [3.05, 3.63) is 87.6 Å². The van der Waals surface area contributed by atoms with E-state index >= 15 is 0 Å². The predicted molar refractivity (Wildman–Crippen MR) is 110 cm³/mol. The number of nitrogens with one attached hydrogen (secondary N) is 1. The molecule has 0 aliphatic rings. The lowest BCUT2D eigenvalue weighted by molar-refractivity contribution is -0.385. The van der Waals surface area contributed by atoms with Crippen LogP contribution in [-0.2, 0) is 0 Å². The first-order valence-electron chi connectivity index (χ1n) is 8.82. The van der Waals surface area contributed by atoms with E-state index < -0.39 is 4.92 Å². The summed E-state index contributed by atoms with van der Waals surface area (Å²) in [5.41, 5.74) is 4.57. The summed E-state index contributed by atoms with van der Waals surface area (Å²) in [6, 6.07) is 14.9. The van der Waals surface area contributed by atoms with Crippen molar-refractivity contribution >= 4 is 17.8 Å². The Bertz CT molecular complexity index is 1080. The molecule has 9 nitrogen and oxygen atoms in total. The van der Waals surface area contributed by atoms with Gasteiger partial charge in [-0.05, 0) is 42.8 Å². The van der Waals surface area contributed by atoms with Crippen molar-refractivity contribution in [2.24, 2.45) is 5.10 Å². The van der Waals surface area contributed by atoms with Gasteiger partial charge in [0.1, 0.15) is 6.20 Å². The Balaban J connectivity index is 1.67. The SMILES string of the molecule is COc1cc(C=NNC(=O)c2ccc(C)cc2)ccc1Oc1ccc([N+](=O)[O-])cn1. The number of methoxy groups -OCH3 is 1. The van der Waals surface area contributed by atoms with E-state index in [0.29, 0.717) is 22.6 Å². The Morgan fingerprint density at radius 1 is 1.13 bits per heavy atom. The molecule has 0 bridgehead atoms. The van der Waals surface area contributed by atoms with Crippen LogP contribution in [0, 0.1) is 17.0 Å². The van der Waals surface area contributed by atoms with Gasteiger partial charge in [-0.2, -0.15) is 5.10 Å². The van der Waals surface area contributed by atoms with Crippen LogP contribution in [0.25, 0.3) is 0 Å². The summed E-state index contributed by atoms with van der Waals surface area (Å²) < 4.78 is 10.9. The number of pyridine rings is 1. The second kappa shape index (κ2) is 9.28. The molecule has 0 aliphatic carbocycles. The summed E-state index contributed by atoms with van der Waals surface area (Å²) in [7, 11) is 1.48. The number of hydrogen-bond donors (Lipinski definition) is 1. The molecule has 0 unspecified atom stereocenters. The molecule has 0 fully saturated rings. The quantitative estimate of drug-likeness (QED) is 0.362. The molecule has 0 radical (unpaired) electrons. The minimum Gasteiger partial charge on any atom is -0.493 e. The topological polar surface area (TPSA) is 116 Å². The van der Waals surface area contributed by atoms with Crippen LogP contribution in [0.3, 0.4) is 0 Å². The Hall–Kier alpha value is -4.27. The van der Waals surface area contributed by atoms with Gasteiger partial charge in [0.25, 0.3) is 11.6 Å². The molecule has 0 spiro atoms. The Kier molecular flexibility index (Phi) is 6.33. The predicted octanol–water partition coefficient (Wildman–Crippen LogP) is 3.86. The fourth-order valence-electron chi connectivity index (χ4n) is 2.44. The molecule has 152 valence electrons. The number of hydrogen-bond acceptors (Lipinski definition) is 7. The van der Waals surface area contributed by atoms with E-state index in [2.05, 4.69) is 15.5 Å². The normalized spacial score (nSPS) is 10.6. The summed E-state index contributed by atoms with van der Waals surface area (Å²) in [6.45, 7) is 1.94. The lowest BCUT2D eigenvalue weighted by Crippen LogP contribution is -2.17. The van der Waals surface area contributed by atoms with Gasteiger partial charge in [0.15, 0.2) is 11.5 Å². The number of aryl methyl sites for hydroxylation is 1. The zero-order valence-corrected chi connectivity index (χ0v) is 16.2. The Labute approximate surface area is 172 Å². The number of hydrazone groups is 1. The molecule has 0 atom stereocenters. The third-order valence-corrected chi connectivity index (χ3v) is 4.03. The standard InChI is InChI=1S/C21H18N4O5/c1-14-3-6-16(7-4-14)21(26)24-23-12-15-5-9-18(19(11-15)29-2)30-20-10-8-17(13-22-20)25(27)28/h3-13H,1-2H3,(H,24,26). The number of benzene rings is 2. The number of ether oxygens (including phenoxy) is 2. The van der Waals surface area contributed by atoms with Gasteiger partial charge in [-0.1, -0.05) is 17.7 Å². The molecule has 0 saturated carbocycles. The molecule has 1 N–H and O–H groups in total. The number of aromatic nitrogens is 1. The maximum atomic E-state index is 12.1. The minimum atomic E-state index is -0.539. The van der Waals surface area contributed by atoms with Crippen LogP contribution >= 0.6 is 0 Å². The van der Waals surface area contributed by atoms with Gasteiger partial charge in [0, 0.05) is 17.7 Å². The van der Waals surface area contributed by atoms with E-state index in [4.69, 9.17) is 9.47 Å². The fraction of sp³-hybridized carbons (Fsp3) is 0.0952. The van der Waals surface area contributed by atoms with Crippen LogP contribution in [-0.4, -0.2) is 29.1 Å². The summed E-state index contributed by atoms with van der Waals surface area (Å²) in [4.78, 5) is 26.1. The van der Waals surface area contributed by atoms with Crippen LogP contribution in [0.4, 0.5) is 5.69 Å². The summed E-state index contributed by atoms with van der Waals surface area (Å²) >= 11 is 0. The van der Waals surface area contributed by atoms with Gasteiger partial charge in [-0.25, -0.2) is 10.4 Å². The average molecular weight is 406 g/mol. The molecule has 1 amide bonds. The molecule has 0 saturated heterocycles. The van der Waals surface area contributed by atoms with Crippen LogP contribution in [0.5, 0.6) is 17.4 Å². The fourth-order valence-corrected chi connectivity index (χ4v) is 2.44. The van der Waals surface area contributed by atoms with Gasteiger partial charge in [-0.15, -0.1) is 0 Å². The van der Waals surface area contributed by atoms with E-state index in [1.807, 2.05) is 19.1 Å². The van der Waals surface area contributed by atoms with Crippen molar-refractivity contribution in [3.63, 3.8) is 0 Å². The largest absolute Gasteiger partial charge is 0.493 e. The lowest BCUT2D eigenvalue weighted by Gasteiger charge is -2.10. The molecule has 1 heterocycles. The van der Waals surface area contributed by atoms with Crippen molar-refractivity contribution in [1.29, 1.82) is 0 Å². The number of carbonyl (C=O) groups excluding carboxylic acids is 1. The van der Waals surface area contributed by atoms with Crippen molar-refractivity contribution in [3.8, 4) is 17.4 Å². The highest BCUT2D eigenvalue weighted by Gasteiger charge is 2.10. The van der Waals surface area contributed by atoms with E-state index in [1.165, 1.54) is 25.5 Å². The number of nitrogens with zero attached hydrogens (tertiary/aromatic N) is 3. The zero-order valence-electron chi connectivity index (χ0n) is 16.2. The molecule has 9 heteroatoms. The van der Waals surface area contributed by atoms with Crippen molar-refractivity contribution in [1.82, 2.24) is 10.4 Å². The van der Waals surface area contributed by atoms with Crippen molar-refractivity contribution in [2.75, 3.05) is 7.11 Å². The highest BCUT2D eigenvalue weighted by molar-refractivity contribution is 5.94. The van der Waals surface area contributed by atoms with E-state index in [9.17, 15) is 14.9 Å². The maximum absolute atomic E-state index is 12.1. The first-order valence-corrected chi connectivity index (χ1v) is 8.82. The molecule has 2 aromatic carbocycles. The van der Waals surface area contributed by atoms with E-state index in [0.717, 1.165) is 11.8 Å². The van der Waals surface area contributed by atoms with E-state index in [-0.39, 0.29) is 17.5 Å². The highest BCUT2D eigenvalue weighted by atomic mass is 16.6.